The Morgan fingerprint density at radius 1 is 1.05 bits per heavy atom. The fourth-order valence-electron chi connectivity index (χ4n) is 7.07. The smallest absolute Gasteiger partial charge is 0.311 e. The second kappa shape index (κ2) is 10.9. The molecule has 1 unspecified atom stereocenters. The lowest BCUT2D eigenvalue weighted by atomic mass is 9.67. The Morgan fingerprint density at radius 3 is 2.48 bits per heavy atom. The zero-order chi connectivity index (χ0) is 27.7. The van der Waals surface area contributed by atoms with Gasteiger partial charge in [0.15, 0.2) is 5.82 Å². The second-order valence-corrected chi connectivity index (χ2v) is 11.3. The Balaban J connectivity index is 1.36. The molecule has 1 atom stereocenters. The van der Waals surface area contributed by atoms with E-state index in [2.05, 4.69) is 56.5 Å². The Bertz CT molecular complexity index is 1540. The van der Waals surface area contributed by atoms with Crippen molar-refractivity contribution in [2.45, 2.75) is 83.7 Å². The number of hydrogen-bond acceptors (Lipinski definition) is 5. The molecule has 2 aliphatic rings. The van der Waals surface area contributed by atoms with Crippen molar-refractivity contribution in [2.75, 3.05) is 0 Å². The molecule has 9 nitrogen and oxygen atoms in total. The molecule has 6 rings (SSSR count). The Kier molecular flexibility index (Phi) is 7.12. The Labute approximate surface area is 233 Å². The number of nitrogens with zero attached hydrogens (tertiary/aromatic N) is 5. The van der Waals surface area contributed by atoms with Crippen LogP contribution >= 0.6 is 0 Å². The molecular formula is C31H36N6O3. The summed E-state index contributed by atoms with van der Waals surface area (Å²) in [6.07, 6.45) is 8.18. The van der Waals surface area contributed by atoms with Crippen LogP contribution < -0.4 is 5.56 Å². The zero-order valence-corrected chi connectivity index (χ0v) is 23.0. The summed E-state index contributed by atoms with van der Waals surface area (Å²) >= 11 is 0. The minimum absolute atomic E-state index is 0.0386. The molecule has 0 spiro atoms. The third-order valence-electron chi connectivity index (χ3n) is 8.99. The van der Waals surface area contributed by atoms with Crippen molar-refractivity contribution in [3.63, 3.8) is 0 Å². The summed E-state index contributed by atoms with van der Waals surface area (Å²) in [5.41, 5.74) is 5.12. The van der Waals surface area contributed by atoms with Crippen LogP contribution in [0.15, 0.2) is 53.3 Å². The zero-order valence-electron chi connectivity index (χ0n) is 23.0. The first kappa shape index (κ1) is 26.2. The van der Waals surface area contributed by atoms with Crippen molar-refractivity contribution >= 4 is 5.97 Å². The molecule has 1 aliphatic heterocycles. The van der Waals surface area contributed by atoms with E-state index in [0.717, 1.165) is 78.5 Å². The number of aliphatic carboxylic acids is 1. The summed E-state index contributed by atoms with van der Waals surface area (Å²) in [5.74, 6) is -0.0873. The van der Waals surface area contributed by atoms with Gasteiger partial charge >= 0.3 is 5.97 Å². The summed E-state index contributed by atoms with van der Waals surface area (Å²) < 4.78 is 4.00. The Hall–Kier alpha value is -4.01. The van der Waals surface area contributed by atoms with E-state index in [1.54, 1.807) is 0 Å². The summed E-state index contributed by atoms with van der Waals surface area (Å²) in [4.78, 5) is 26.6. The number of aromatic nitrogens is 6. The molecule has 0 saturated heterocycles. The third-order valence-corrected chi connectivity index (χ3v) is 8.99. The van der Waals surface area contributed by atoms with Crippen LogP contribution in [0.1, 0.15) is 81.2 Å². The van der Waals surface area contributed by atoms with Crippen molar-refractivity contribution in [1.82, 2.24) is 30.0 Å². The van der Waals surface area contributed by atoms with Crippen LogP contribution in [0.2, 0.25) is 0 Å². The topological polar surface area (TPSA) is 119 Å². The normalized spacial score (nSPS) is 18.4. The maximum absolute atomic E-state index is 13.9. The molecule has 2 aromatic heterocycles. The van der Waals surface area contributed by atoms with Gasteiger partial charge in [0.2, 0.25) is 0 Å². The van der Waals surface area contributed by atoms with Gasteiger partial charge in [-0.05, 0) is 59.2 Å². The van der Waals surface area contributed by atoms with E-state index in [-0.39, 0.29) is 11.6 Å². The minimum Gasteiger partial charge on any atom is -0.481 e. The molecule has 3 heterocycles. The number of nitrogens with one attached hydrogen (secondary N) is 1. The highest BCUT2D eigenvalue weighted by molar-refractivity contribution is 5.80. The fraction of sp³-hybridized carbons (Fsp3) is 0.452. The van der Waals surface area contributed by atoms with E-state index >= 15 is 0 Å². The van der Waals surface area contributed by atoms with Gasteiger partial charge in [-0.15, -0.1) is 5.10 Å². The molecule has 1 saturated carbocycles. The molecule has 0 radical (unpaired) electrons. The average Bonchev–Trinajstić information content (AvgIpc) is 3.62. The number of carboxylic acid groups (broad SMARTS) is 1. The van der Waals surface area contributed by atoms with E-state index in [1.165, 1.54) is 0 Å². The van der Waals surface area contributed by atoms with Crippen LogP contribution in [0.5, 0.6) is 0 Å². The van der Waals surface area contributed by atoms with Crippen molar-refractivity contribution in [3.8, 4) is 22.5 Å². The fourth-order valence-corrected chi connectivity index (χ4v) is 7.07. The number of carbonyl (C=O) groups is 1. The molecule has 40 heavy (non-hydrogen) atoms. The lowest BCUT2D eigenvalue weighted by molar-refractivity contribution is -0.156. The third kappa shape index (κ3) is 4.47. The maximum atomic E-state index is 13.9. The van der Waals surface area contributed by atoms with Crippen molar-refractivity contribution < 1.29 is 9.90 Å². The van der Waals surface area contributed by atoms with Crippen molar-refractivity contribution in [1.29, 1.82) is 0 Å². The van der Waals surface area contributed by atoms with Gasteiger partial charge in [0.25, 0.3) is 5.56 Å². The lowest BCUT2D eigenvalue weighted by Crippen LogP contribution is -2.46. The number of hydrogen-bond donors (Lipinski definition) is 2. The van der Waals surface area contributed by atoms with Gasteiger partial charge in [-0.3, -0.25) is 14.3 Å². The molecule has 9 heteroatoms. The molecule has 4 aromatic rings. The number of H-pyrrole nitrogens is 1. The van der Waals surface area contributed by atoms with Crippen LogP contribution in [0.4, 0.5) is 0 Å². The number of rotatable bonds is 8. The summed E-state index contributed by atoms with van der Waals surface area (Å²) in [6, 6.07) is 16.1. The molecule has 2 aromatic carbocycles. The molecule has 0 bridgehead atoms. The second-order valence-electron chi connectivity index (χ2n) is 11.3. The van der Waals surface area contributed by atoms with Crippen molar-refractivity contribution in [2.24, 2.45) is 5.41 Å². The molecule has 2 N–H and O–H groups in total. The van der Waals surface area contributed by atoms with Gasteiger partial charge in [0.1, 0.15) is 0 Å². The van der Waals surface area contributed by atoms with Gasteiger partial charge in [-0.25, -0.2) is 9.78 Å². The first-order chi connectivity index (χ1) is 19.5. The summed E-state index contributed by atoms with van der Waals surface area (Å²) in [5, 5.41) is 24.8. The quantitative estimate of drug-likeness (QED) is 0.308. The predicted molar refractivity (Wildman–Crippen MR) is 152 cm³/mol. The standard InChI is InChI=1S/C31H36N6O3/c1-2-9-26-25(29(38)36-19-8-12-27(37(26)36)31(30(39)40)17-6-3-7-18-31)20-21-13-15-22(16-14-21)23-10-4-5-11-24(23)28-32-34-35-33-28/h4-5,10-11,13-16,27H,2-3,6-9,12,17-20H2,1H3,(H,39,40)(H,32,33,34,35). The molecule has 0 amide bonds. The first-order valence-corrected chi connectivity index (χ1v) is 14.5. The highest BCUT2D eigenvalue weighted by Gasteiger charge is 2.49. The average molecular weight is 541 g/mol. The first-order valence-electron chi connectivity index (χ1n) is 14.5. The lowest BCUT2D eigenvalue weighted by Gasteiger charge is -2.44. The number of aromatic amines is 1. The largest absolute Gasteiger partial charge is 0.481 e. The van der Waals surface area contributed by atoms with Crippen molar-refractivity contribution in [3.05, 3.63) is 75.7 Å². The summed E-state index contributed by atoms with van der Waals surface area (Å²) in [6.45, 7) is 2.77. The van der Waals surface area contributed by atoms with Gasteiger partial charge in [0, 0.05) is 29.8 Å². The van der Waals surface area contributed by atoms with Gasteiger partial charge < -0.3 is 5.11 Å². The van der Waals surface area contributed by atoms with Crippen LogP contribution in [0, 0.1) is 5.41 Å². The van der Waals surface area contributed by atoms with E-state index in [4.69, 9.17) is 0 Å². The van der Waals surface area contributed by atoms with E-state index in [1.807, 2.05) is 28.9 Å². The van der Waals surface area contributed by atoms with Gasteiger partial charge in [-0.1, -0.05) is 81.1 Å². The van der Waals surface area contributed by atoms with Gasteiger partial charge in [0.05, 0.1) is 11.5 Å². The number of fused-ring (bicyclic) bond motifs is 1. The molecular weight excluding hydrogens is 504 g/mol. The van der Waals surface area contributed by atoms with Crippen LogP contribution in [0.25, 0.3) is 22.5 Å². The number of tetrazole rings is 1. The van der Waals surface area contributed by atoms with Crippen LogP contribution in [-0.2, 0) is 24.2 Å². The van der Waals surface area contributed by atoms with E-state index in [0.29, 0.717) is 31.6 Å². The van der Waals surface area contributed by atoms with E-state index in [9.17, 15) is 14.7 Å². The van der Waals surface area contributed by atoms with Crippen LogP contribution in [-0.4, -0.2) is 41.1 Å². The SMILES string of the molecule is CCCc1c(Cc2ccc(-c3ccccc3-c3nnn[nH]3)cc2)c(=O)n2n1C(C1(C(=O)O)CCCCC1)CCC2. The molecule has 208 valence electrons. The highest BCUT2D eigenvalue weighted by Crippen LogP contribution is 2.49. The Morgan fingerprint density at radius 2 is 1.80 bits per heavy atom. The molecule has 1 fully saturated rings. The predicted octanol–water partition coefficient (Wildman–Crippen LogP) is 5.41. The maximum Gasteiger partial charge on any atom is 0.311 e. The monoisotopic (exact) mass is 540 g/mol. The number of carboxylic acids is 1. The summed E-state index contributed by atoms with van der Waals surface area (Å²) in [7, 11) is 0. The molecule has 1 aliphatic carbocycles. The highest BCUT2D eigenvalue weighted by atomic mass is 16.4. The van der Waals surface area contributed by atoms with E-state index < -0.39 is 11.4 Å². The minimum atomic E-state index is -0.792. The number of benzene rings is 2. The van der Waals surface area contributed by atoms with Crippen LogP contribution in [0.3, 0.4) is 0 Å². The van der Waals surface area contributed by atoms with Gasteiger partial charge in [-0.2, -0.15) is 0 Å².